The number of hydrogen-bond donors (Lipinski definition) is 0. The van der Waals surface area contributed by atoms with Gasteiger partial charge in [-0.25, -0.2) is 0 Å². The van der Waals surface area contributed by atoms with E-state index in [0.717, 1.165) is 0 Å². The first-order valence-corrected chi connectivity index (χ1v) is 23.5. The summed E-state index contributed by atoms with van der Waals surface area (Å²) < 4.78 is 0. The van der Waals surface area contributed by atoms with Crippen molar-refractivity contribution in [1.82, 2.24) is 0 Å². The summed E-state index contributed by atoms with van der Waals surface area (Å²) in [5, 5.41) is 12.5. The third-order valence-corrected chi connectivity index (χ3v) is 13.9. The Morgan fingerprint density at radius 3 is 0.912 bits per heavy atom. The van der Waals surface area contributed by atoms with Crippen LogP contribution in [-0.2, 0) is 0 Å². The van der Waals surface area contributed by atoms with Crippen LogP contribution in [0.4, 0.5) is 0 Å². The van der Waals surface area contributed by atoms with Crippen LogP contribution in [0.25, 0.3) is 132 Å². The van der Waals surface area contributed by atoms with Gasteiger partial charge in [0.05, 0.1) is 0 Å². The normalized spacial score (nSPS) is 11.5. The van der Waals surface area contributed by atoms with Gasteiger partial charge in [-0.3, -0.25) is 0 Å². The van der Waals surface area contributed by atoms with Crippen LogP contribution in [0.3, 0.4) is 0 Å². The number of fused-ring (bicyclic) bond motifs is 7. The summed E-state index contributed by atoms with van der Waals surface area (Å²) in [6.07, 6.45) is 0. The summed E-state index contributed by atoms with van der Waals surface area (Å²) in [7, 11) is 0. The molecule has 0 aliphatic heterocycles. The Morgan fingerprint density at radius 1 is 0.132 bits per heavy atom. The Balaban J connectivity index is 1.04. The van der Waals surface area contributed by atoms with Crippen LogP contribution in [-0.4, -0.2) is 0 Å². The minimum Gasteiger partial charge on any atom is -0.0622 e. The van der Waals surface area contributed by atoms with Crippen molar-refractivity contribution in [3.63, 3.8) is 0 Å². The van der Waals surface area contributed by atoms with E-state index in [2.05, 4.69) is 267 Å². The zero-order chi connectivity index (χ0) is 45.0. The fraction of sp³-hybridized carbons (Fsp3) is 0. The second-order valence-electron chi connectivity index (χ2n) is 18.1. The van der Waals surface area contributed by atoms with Gasteiger partial charge in [-0.15, -0.1) is 0 Å². The van der Waals surface area contributed by atoms with Crippen molar-refractivity contribution in [1.29, 1.82) is 0 Å². The van der Waals surface area contributed by atoms with Gasteiger partial charge in [0, 0.05) is 0 Å². The van der Waals surface area contributed by atoms with E-state index >= 15 is 0 Å². The maximum atomic E-state index is 2.40. The molecule has 0 unspecified atom stereocenters. The molecular weight excluding hydrogens is 817 g/mol. The van der Waals surface area contributed by atoms with Gasteiger partial charge in [0.1, 0.15) is 0 Å². The molecule has 13 aromatic carbocycles. The minimum absolute atomic E-state index is 1.17. The number of rotatable bonds is 7. The highest BCUT2D eigenvalue weighted by Gasteiger charge is 2.16. The monoisotopic (exact) mass is 860 g/mol. The topological polar surface area (TPSA) is 0 Å². The maximum Gasteiger partial charge on any atom is -0.00990 e. The molecule has 0 bridgehead atoms. The van der Waals surface area contributed by atoms with Crippen molar-refractivity contribution in [2.45, 2.75) is 0 Å². The van der Waals surface area contributed by atoms with Crippen LogP contribution in [0.2, 0.25) is 0 Å². The smallest absolute Gasteiger partial charge is 0.00990 e. The molecule has 0 N–H and O–H groups in total. The van der Waals surface area contributed by atoms with Crippen molar-refractivity contribution in [3.05, 3.63) is 267 Å². The van der Waals surface area contributed by atoms with E-state index < -0.39 is 0 Å². The zero-order valence-electron chi connectivity index (χ0n) is 37.4. The molecule has 0 fully saturated rings. The molecule has 0 spiro atoms. The highest BCUT2D eigenvalue weighted by molar-refractivity contribution is 6.16. The van der Waals surface area contributed by atoms with Crippen molar-refractivity contribution < 1.29 is 0 Å². The molecule has 0 radical (unpaired) electrons. The lowest BCUT2D eigenvalue weighted by atomic mass is 9.87. The van der Waals surface area contributed by atoms with Crippen molar-refractivity contribution in [3.8, 4) is 77.9 Å². The van der Waals surface area contributed by atoms with Gasteiger partial charge in [0.15, 0.2) is 0 Å². The molecule has 0 heterocycles. The van der Waals surface area contributed by atoms with Crippen LogP contribution in [0.15, 0.2) is 267 Å². The van der Waals surface area contributed by atoms with Crippen LogP contribution >= 0.6 is 0 Å². The molecule has 0 amide bonds. The third kappa shape index (κ3) is 7.12. The standard InChI is InChI=1S/C68H44/c1-4-16-45(17-5-1)53-37-54(50-29-28-46-18-10-11-23-49(46)34-50)40-57(38-53)58-41-55(51-30-32-61-59(35-51)43-67(47-19-6-2-7-20-47)65-26-14-12-24-63(61)65)39-56(42-58)52-31-33-62-60(36-52)44-68(48-21-8-3-9-22-48)66-27-15-13-25-64(62)66/h1-44H. The van der Waals surface area contributed by atoms with Crippen LogP contribution < -0.4 is 0 Å². The van der Waals surface area contributed by atoms with Crippen LogP contribution in [0.1, 0.15) is 0 Å². The Hall–Kier alpha value is -8.84. The zero-order valence-corrected chi connectivity index (χ0v) is 37.4. The van der Waals surface area contributed by atoms with Gasteiger partial charge in [0.25, 0.3) is 0 Å². The molecule has 13 rings (SSSR count). The molecule has 0 aliphatic carbocycles. The molecule has 0 nitrogen and oxygen atoms in total. The Kier molecular flexibility index (Phi) is 9.62. The van der Waals surface area contributed by atoms with Crippen molar-refractivity contribution in [2.75, 3.05) is 0 Å². The first-order chi connectivity index (χ1) is 33.7. The quantitative estimate of drug-likeness (QED) is 0.140. The summed E-state index contributed by atoms with van der Waals surface area (Å²) in [4.78, 5) is 0. The van der Waals surface area contributed by atoms with E-state index in [1.54, 1.807) is 0 Å². The summed E-state index contributed by atoms with van der Waals surface area (Å²) in [6, 6.07) is 98.7. The average Bonchev–Trinajstić information content (AvgIpc) is 3.42. The number of benzene rings is 13. The average molecular weight is 861 g/mol. The molecule has 316 valence electrons. The van der Waals surface area contributed by atoms with Gasteiger partial charge in [-0.2, -0.15) is 0 Å². The van der Waals surface area contributed by atoms with Gasteiger partial charge in [-0.05, 0) is 198 Å². The lowest BCUT2D eigenvalue weighted by Crippen LogP contribution is -1.90. The summed E-state index contributed by atoms with van der Waals surface area (Å²) in [6.45, 7) is 0. The van der Waals surface area contributed by atoms with E-state index in [0.29, 0.717) is 0 Å². The van der Waals surface area contributed by atoms with Crippen LogP contribution in [0.5, 0.6) is 0 Å². The first kappa shape index (κ1) is 39.5. The first-order valence-electron chi connectivity index (χ1n) is 23.5. The molecule has 0 saturated carbocycles. The molecule has 0 atom stereocenters. The summed E-state index contributed by atoms with van der Waals surface area (Å²) >= 11 is 0. The fourth-order valence-electron chi connectivity index (χ4n) is 10.6. The Bertz CT molecular complexity index is 3870. The van der Waals surface area contributed by atoms with E-state index in [1.807, 2.05) is 0 Å². The van der Waals surface area contributed by atoms with E-state index in [1.165, 1.54) is 132 Å². The van der Waals surface area contributed by atoms with E-state index in [4.69, 9.17) is 0 Å². The molecule has 0 saturated heterocycles. The van der Waals surface area contributed by atoms with Gasteiger partial charge in [0.2, 0.25) is 0 Å². The minimum atomic E-state index is 1.17. The van der Waals surface area contributed by atoms with Crippen molar-refractivity contribution >= 4 is 53.9 Å². The van der Waals surface area contributed by atoms with Gasteiger partial charge >= 0.3 is 0 Å². The summed E-state index contributed by atoms with van der Waals surface area (Å²) in [5.74, 6) is 0. The molecular formula is C68H44. The molecule has 0 heteroatoms. The van der Waals surface area contributed by atoms with E-state index in [9.17, 15) is 0 Å². The highest BCUT2D eigenvalue weighted by atomic mass is 14.2. The van der Waals surface area contributed by atoms with Crippen LogP contribution in [0, 0.1) is 0 Å². The predicted octanol–water partition coefficient (Wildman–Crippen LogP) is 19.1. The Morgan fingerprint density at radius 2 is 0.456 bits per heavy atom. The predicted molar refractivity (Wildman–Crippen MR) is 292 cm³/mol. The molecule has 68 heavy (non-hydrogen) atoms. The molecule has 0 aromatic heterocycles. The number of hydrogen-bond acceptors (Lipinski definition) is 0. The van der Waals surface area contributed by atoms with Crippen molar-refractivity contribution in [2.24, 2.45) is 0 Å². The largest absolute Gasteiger partial charge is 0.0622 e. The van der Waals surface area contributed by atoms with Gasteiger partial charge in [-0.1, -0.05) is 200 Å². The highest BCUT2D eigenvalue weighted by Crippen LogP contribution is 2.42. The lowest BCUT2D eigenvalue weighted by molar-refractivity contribution is 1.56. The van der Waals surface area contributed by atoms with Gasteiger partial charge < -0.3 is 0 Å². The molecule has 0 aliphatic rings. The SMILES string of the molecule is c1ccc(-c2cc(-c3cc(-c4ccc5c(c4)cc(-c4ccccc4)c4ccccc45)cc(-c4ccc5c(c4)cc(-c4ccccc4)c4ccccc45)c3)cc(-c3ccc4ccccc4c3)c2)cc1. The second-order valence-corrected chi connectivity index (χ2v) is 18.1. The Labute approximate surface area is 396 Å². The van der Waals surface area contributed by atoms with E-state index in [-0.39, 0.29) is 0 Å². The second kappa shape index (κ2) is 16.5. The lowest BCUT2D eigenvalue weighted by Gasteiger charge is -2.16. The maximum absolute atomic E-state index is 2.40. The summed E-state index contributed by atoms with van der Waals surface area (Å²) in [5.41, 5.74) is 16.8. The molecule has 13 aromatic rings. The fourth-order valence-corrected chi connectivity index (χ4v) is 10.6. The third-order valence-electron chi connectivity index (χ3n) is 13.9.